The van der Waals surface area contributed by atoms with Gasteiger partial charge in [-0.2, -0.15) is 0 Å². The van der Waals surface area contributed by atoms with Crippen molar-refractivity contribution in [2.24, 2.45) is 0 Å². The molecular formula is C56H36N2O. The van der Waals surface area contributed by atoms with Crippen LogP contribution in [0.15, 0.2) is 223 Å². The molecule has 276 valence electrons. The van der Waals surface area contributed by atoms with Crippen molar-refractivity contribution in [3.05, 3.63) is 218 Å². The monoisotopic (exact) mass is 752 g/mol. The van der Waals surface area contributed by atoms with Crippen molar-refractivity contribution in [1.82, 2.24) is 4.57 Å². The van der Waals surface area contributed by atoms with Crippen molar-refractivity contribution in [3.8, 4) is 27.9 Å². The Morgan fingerprint density at radius 1 is 0.356 bits per heavy atom. The Kier molecular flexibility index (Phi) is 7.54. The number of aromatic nitrogens is 1. The second kappa shape index (κ2) is 13.4. The number of para-hydroxylation sites is 5. The first-order valence-corrected chi connectivity index (χ1v) is 20.2. The van der Waals surface area contributed by atoms with E-state index in [9.17, 15) is 0 Å². The van der Waals surface area contributed by atoms with Crippen LogP contribution in [-0.2, 0) is 0 Å². The molecule has 10 aromatic carbocycles. The molecule has 12 aromatic rings. The van der Waals surface area contributed by atoms with Gasteiger partial charge in [-0.05, 0) is 93.3 Å². The van der Waals surface area contributed by atoms with E-state index in [0.29, 0.717) is 0 Å². The van der Waals surface area contributed by atoms with Gasteiger partial charge in [0.05, 0.1) is 22.4 Å². The number of nitrogens with zero attached hydrogens (tertiary/aromatic N) is 2. The summed E-state index contributed by atoms with van der Waals surface area (Å²) in [5, 5.41) is 9.69. The molecule has 12 rings (SSSR count). The van der Waals surface area contributed by atoms with Gasteiger partial charge < -0.3 is 13.9 Å². The van der Waals surface area contributed by atoms with Gasteiger partial charge in [-0.15, -0.1) is 0 Å². The standard InChI is InChI=1S/C56H36N2O/c1-2-15-42-37(14-1)28-29-39-36-41(34-35-43(39)42)57(51-23-9-6-19-47(51)48-21-13-27-55-56(48)49-20-7-12-26-54(49)59-55)40-32-30-38(31-33-40)44-16-3-8-22-50(44)58-52-24-10-4-17-45(52)46-18-5-11-25-53(46)58/h1-36H. The minimum atomic E-state index is 0.883. The van der Waals surface area contributed by atoms with Crippen LogP contribution >= 0.6 is 0 Å². The van der Waals surface area contributed by atoms with Crippen LogP contribution in [0.25, 0.3) is 93.2 Å². The maximum absolute atomic E-state index is 6.39. The van der Waals surface area contributed by atoms with E-state index >= 15 is 0 Å². The average molecular weight is 753 g/mol. The lowest BCUT2D eigenvalue weighted by molar-refractivity contribution is 0.669. The van der Waals surface area contributed by atoms with Gasteiger partial charge in [-0.3, -0.25) is 0 Å². The molecule has 0 unspecified atom stereocenters. The predicted octanol–water partition coefficient (Wildman–Crippen LogP) is 15.8. The molecule has 0 aliphatic rings. The normalized spacial score (nSPS) is 11.7. The summed E-state index contributed by atoms with van der Waals surface area (Å²) in [6.07, 6.45) is 0. The van der Waals surface area contributed by atoms with Crippen molar-refractivity contribution in [3.63, 3.8) is 0 Å². The second-order valence-corrected chi connectivity index (χ2v) is 15.3. The molecule has 0 spiro atoms. The topological polar surface area (TPSA) is 21.3 Å². The Morgan fingerprint density at radius 2 is 0.932 bits per heavy atom. The minimum Gasteiger partial charge on any atom is -0.456 e. The van der Waals surface area contributed by atoms with Gasteiger partial charge in [0.25, 0.3) is 0 Å². The van der Waals surface area contributed by atoms with Crippen molar-refractivity contribution >= 4 is 82.4 Å². The van der Waals surface area contributed by atoms with Gasteiger partial charge in [0.15, 0.2) is 0 Å². The highest BCUT2D eigenvalue weighted by molar-refractivity contribution is 6.14. The number of furan rings is 1. The largest absolute Gasteiger partial charge is 0.456 e. The SMILES string of the molecule is c1ccc(N(c2ccc(-c3ccccc3-n3c4ccccc4c4ccccc43)cc2)c2ccc3c(ccc4ccccc43)c2)c(-c2cccc3oc4ccccc4c23)c1. The molecule has 0 bridgehead atoms. The van der Waals surface area contributed by atoms with Crippen LogP contribution in [0.4, 0.5) is 17.1 Å². The van der Waals surface area contributed by atoms with Gasteiger partial charge in [0.1, 0.15) is 11.2 Å². The first-order chi connectivity index (χ1) is 29.3. The van der Waals surface area contributed by atoms with Crippen molar-refractivity contribution in [2.45, 2.75) is 0 Å². The molecule has 0 aliphatic carbocycles. The van der Waals surface area contributed by atoms with Crippen molar-refractivity contribution < 1.29 is 4.42 Å². The van der Waals surface area contributed by atoms with Gasteiger partial charge >= 0.3 is 0 Å². The quantitative estimate of drug-likeness (QED) is 0.158. The van der Waals surface area contributed by atoms with Gasteiger partial charge in [0.2, 0.25) is 0 Å². The first kappa shape index (κ1) is 33.3. The van der Waals surface area contributed by atoms with E-state index in [1.54, 1.807) is 0 Å². The number of hydrogen-bond donors (Lipinski definition) is 0. The summed E-state index contributed by atoms with van der Waals surface area (Å²) < 4.78 is 8.80. The van der Waals surface area contributed by atoms with Crippen molar-refractivity contribution in [2.75, 3.05) is 4.90 Å². The zero-order valence-corrected chi connectivity index (χ0v) is 32.1. The first-order valence-electron chi connectivity index (χ1n) is 20.2. The lowest BCUT2D eigenvalue weighted by Gasteiger charge is -2.28. The van der Waals surface area contributed by atoms with E-state index < -0.39 is 0 Å². The number of anilines is 3. The van der Waals surface area contributed by atoms with Gasteiger partial charge in [-0.25, -0.2) is 0 Å². The molecular weight excluding hydrogens is 717 g/mol. The van der Waals surface area contributed by atoms with Gasteiger partial charge in [0, 0.05) is 44.0 Å². The van der Waals surface area contributed by atoms with Crippen molar-refractivity contribution in [1.29, 1.82) is 0 Å². The third-order valence-electron chi connectivity index (χ3n) is 12.0. The molecule has 0 radical (unpaired) electrons. The molecule has 3 heteroatoms. The molecule has 0 saturated carbocycles. The van der Waals surface area contributed by atoms with Gasteiger partial charge in [-0.1, -0.05) is 158 Å². The minimum absolute atomic E-state index is 0.883. The fraction of sp³-hybridized carbons (Fsp3) is 0. The lowest BCUT2D eigenvalue weighted by atomic mass is 9.96. The third-order valence-corrected chi connectivity index (χ3v) is 12.0. The highest BCUT2D eigenvalue weighted by Gasteiger charge is 2.22. The maximum atomic E-state index is 6.39. The Labute approximate surface area is 341 Å². The highest BCUT2D eigenvalue weighted by Crippen LogP contribution is 2.46. The summed E-state index contributed by atoms with van der Waals surface area (Å²) in [4.78, 5) is 2.41. The van der Waals surface area contributed by atoms with E-state index in [4.69, 9.17) is 4.42 Å². The molecule has 2 heterocycles. The fourth-order valence-electron chi connectivity index (χ4n) is 9.35. The number of fused-ring (bicyclic) bond motifs is 9. The summed E-state index contributed by atoms with van der Waals surface area (Å²) in [7, 11) is 0. The summed E-state index contributed by atoms with van der Waals surface area (Å²) >= 11 is 0. The molecule has 0 saturated heterocycles. The summed E-state index contributed by atoms with van der Waals surface area (Å²) in [5.74, 6) is 0. The van der Waals surface area contributed by atoms with E-state index in [1.807, 2.05) is 6.07 Å². The number of hydrogen-bond acceptors (Lipinski definition) is 2. The lowest BCUT2D eigenvalue weighted by Crippen LogP contribution is -2.11. The molecule has 0 amide bonds. The van der Waals surface area contributed by atoms with Crippen LogP contribution in [0.3, 0.4) is 0 Å². The smallest absolute Gasteiger partial charge is 0.136 e. The van der Waals surface area contributed by atoms with Crippen LogP contribution < -0.4 is 4.90 Å². The molecule has 2 aromatic heterocycles. The Hall–Kier alpha value is -7.88. The Bertz CT molecular complexity index is 3520. The predicted molar refractivity (Wildman–Crippen MR) is 249 cm³/mol. The Morgan fingerprint density at radius 3 is 1.75 bits per heavy atom. The summed E-state index contributed by atoms with van der Waals surface area (Å²) in [6, 6.07) is 78.8. The van der Waals surface area contributed by atoms with Crippen LogP contribution in [0, 0.1) is 0 Å². The molecule has 0 atom stereocenters. The van der Waals surface area contributed by atoms with E-state index in [1.165, 1.54) is 48.9 Å². The van der Waals surface area contributed by atoms with E-state index in [2.05, 4.69) is 222 Å². The van der Waals surface area contributed by atoms with Crippen LogP contribution in [0.1, 0.15) is 0 Å². The highest BCUT2D eigenvalue weighted by atomic mass is 16.3. The molecule has 0 fully saturated rings. The molecule has 59 heavy (non-hydrogen) atoms. The fourth-order valence-corrected chi connectivity index (χ4v) is 9.35. The average Bonchev–Trinajstić information content (AvgIpc) is 3.86. The molecule has 0 aliphatic heterocycles. The molecule has 3 nitrogen and oxygen atoms in total. The maximum Gasteiger partial charge on any atom is 0.136 e. The van der Waals surface area contributed by atoms with Crippen LogP contribution in [-0.4, -0.2) is 4.57 Å². The Balaban J connectivity index is 1.05. The number of rotatable bonds is 6. The molecule has 0 N–H and O–H groups in total. The third kappa shape index (κ3) is 5.29. The zero-order valence-electron chi connectivity index (χ0n) is 32.1. The van der Waals surface area contributed by atoms with E-state index in [-0.39, 0.29) is 0 Å². The van der Waals surface area contributed by atoms with E-state index in [0.717, 1.165) is 61.4 Å². The summed E-state index contributed by atoms with van der Waals surface area (Å²) in [5.41, 5.74) is 13.2. The summed E-state index contributed by atoms with van der Waals surface area (Å²) in [6.45, 7) is 0. The van der Waals surface area contributed by atoms with Crippen LogP contribution in [0.2, 0.25) is 0 Å². The van der Waals surface area contributed by atoms with Crippen LogP contribution in [0.5, 0.6) is 0 Å². The second-order valence-electron chi connectivity index (χ2n) is 15.3. The zero-order chi connectivity index (χ0) is 38.9. The number of benzene rings is 10.